The monoisotopic (exact) mass is 477 g/mol. The molecule has 186 valence electrons. The molecular weight excluding hydrogens is 442 g/mol. The van der Waals surface area contributed by atoms with Crippen molar-refractivity contribution in [2.45, 2.75) is 89.1 Å². The molecule has 7 rings (SSSR count). The molecule has 6 aliphatic rings. The van der Waals surface area contributed by atoms with Crippen molar-refractivity contribution in [2.24, 2.45) is 28.9 Å². The second-order valence-electron chi connectivity index (χ2n) is 11.9. The summed E-state index contributed by atoms with van der Waals surface area (Å²) in [5.41, 5.74) is 5.75. The molecule has 4 bridgehead atoms. The Labute approximate surface area is 206 Å². The Kier molecular flexibility index (Phi) is 5.49. The summed E-state index contributed by atoms with van der Waals surface area (Å²) in [4.78, 5) is 56.0. The van der Waals surface area contributed by atoms with Crippen molar-refractivity contribution in [1.29, 1.82) is 0 Å². The van der Waals surface area contributed by atoms with Crippen molar-refractivity contribution in [2.75, 3.05) is 4.90 Å². The smallest absolute Gasteiger partial charge is 0.257 e. The number of hydrogen-bond acceptors (Lipinski definition) is 4. The van der Waals surface area contributed by atoms with E-state index in [1.165, 1.54) is 36.3 Å². The van der Waals surface area contributed by atoms with Crippen LogP contribution < -0.4 is 10.6 Å². The van der Waals surface area contributed by atoms with Gasteiger partial charge in [0.1, 0.15) is 6.04 Å². The van der Waals surface area contributed by atoms with Crippen LogP contribution in [0.3, 0.4) is 0 Å². The van der Waals surface area contributed by atoms with Crippen molar-refractivity contribution in [1.82, 2.24) is 4.90 Å². The van der Waals surface area contributed by atoms with E-state index in [1.807, 2.05) is 4.90 Å². The third-order valence-corrected chi connectivity index (χ3v) is 9.56. The van der Waals surface area contributed by atoms with Gasteiger partial charge < -0.3 is 10.6 Å². The van der Waals surface area contributed by atoms with Crippen molar-refractivity contribution in [3.63, 3.8) is 0 Å². The van der Waals surface area contributed by atoms with E-state index in [0.29, 0.717) is 29.0 Å². The van der Waals surface area contributed by atoms with Crippen LogP contribution in [-0.4, -0.2) is 40.6 Å². The average Bonchev–Trinajstić information content (AvgIpc) is 3.12. The van der Waals surface area contributed by atoms with Crippen molar-refractivity contribution < 1.29 is 19.2 Å². The molecule has 35 heavy (non-hydrogen) atoms. The maximum Gasteiger partial charge on any atom is 0.257 e. The first-order valence-electron chi connectivity index (χ1n) is 13.4. The highest BCUT2D eigenvalue weighted by atomic mass is 16.2. The molecule has 1 saturated heterocycles. The number of carbonyl (C=O) groups excluding carboxylic acids is 4. The molecule has 0 aromatic heterocycles. The Morgan fingerprint density at radius 1 is 0.886 bits per heavy atom. The minimum absolute atomic E-state index is 0.0307. The molecule has 1 aliphatic heterocycles. The van der Waals surface area contributed by atoms with Crippen LogP contribution in [0, 0.1) is 23.2 Å². The number of primary amides is 1. The topological polar surface area (TPSA) is 101 Å². The first-order valence-corrected chi connectivity index (χ1v) is 13.4. The molecule has 1 unspecified atom stereocenters. The highest BCUT2D eigenvalue weighted by Crippen LogP contribution is 2.61. The number of carbonyl (C=O) groups is 4. The molecule has 5 saturated carbocycles. The number of imide groups is 1. The van der Waals surface area contributed by atoms with Crippen LogP contribution in [0.4, 0.5) is 5.69 Å². The van der Waals surface area contributed by atoms with Gasteiger partial charge in [0.2, 0.25) is 17.7 Å². The van der Waals surface area contributed by atoms with Gasteiger partial charge in [0.05, 0.1) is 17.5 Å². The van der Waals surface area contributed by atoms with Crippen LogP contribution in [0.1, 0.15) is 87.4 Å². The van der Waals surface area contributed by atoms with E-state index in [1.54, 1.807) is 12.1 Å². The molecule has 1 atom stereocenters. The van der Waals surface area contributed by atoms with Gasteiger partial charge in [-0.2, -0.15) is 0 Å². The summed E-state index contributed by atoms with van der Waals surface area (Å²) in [5.74, 6) is 0.911. The van der Waals surface area contributed by atoms with Gasteiger partial charge in [-0.3, -0.25) is 19.2 Å². The van der Waals surface area contributed by atoms with Crippen LogP contribution in [0.5, 0.6) is 0 Å². The normalized spacial score (nSPS) is 34.5. The first-order chi connectivity index (χ1) is 16.8. The zero-order chi connectivity index (χ0) is 24.3. The number of nitrogens with zero attached hydrogens (tertiary/aromatic N) is 2. The number of nitrogens with two attached hydrogens (primary N) is 1. The highest BCUT2D eigenvalue weighted by Gasteiger charge is 2.58. The lowest BCUT2D eigenvalue weighted by molar-refractivity contribution is -0.165. The van der Waals surface area contributed by atoms with Gasteiger partial charge in [-0.15, -0.1) is 0 Å². The van der Waals surface area contributed by atoms with Gasteiger partial charge in [0.25, 0.3) is 5.91 Å². The van der Waals surface area contributed by atoms with Gasteiger partial charge in [-0.25, -0.2) is 4.90 Å². The summed E-state index contributed by atoms with van der Waals surface area (Å²) in [6.07, 6.45) is 11.7. The van der Waals surface area contributed by atoms with Crippen LogP contribution in [0.15, 0.2) is 24.3 Å². The van der Waals surface area contributed by atoms with E-state index in [9.17, 15) is 19.2 Å². The molecule has 0 radical (unpaired) electrons. The molecular formula is C28H35N3O4. The SMILES string of the molecule is NC(=O)c1ccc(N2C(=O)CC(N(C(=O)C34CC5CC(CC(C5)C3)C4)C3CCCCC3)C2=O)cc1. The van der Waals surface area contributed by atoms with Gasteiger partial charge >= 0.3 is 0 Å². The minimum Gasteiger partial charge on any atom is -0.366 e. The fraction of sp³-hybridized carbons (Fsp3) is 0.643. The Morgan fingerprint density at radius 2 is 1.46 bits per heavy atom. The van der Waals surface area contributed by atoms with Crippen LogP contribution in [0.25, 0.3) is 0 Å². The molecule has 7 nitrogen and oxygen atoms in total. The van der Waals surface area contributed by atoms with Crippen LogP contribution in [-0.2, 0) is 14.4 Å². The largest absolute Gasteiger partial charge is 0.366 e. The summed E-state index contributed by atoms with van der Waals surface area (Å²) < 4.78 is 0. The van der Waals surface area contributed by atoms with Gasteiger partial charge in [-0.05, 0) is 93.4 Å². The van der Waals surface area contributed by atoms with E-state index in [-0.39, 0.29) is 35.6 Å². The molecule has 1 heterocycles. The lowest BCUT2D eigenvalue weighted by Crippen LogP contribution is -2.60. The van der Waals surface area contributed by atoms with E-state index in [2.05, 4.69) is 0 Å². The molecule has 0 spiro atoms. The number of anilines is 1. The Balaban J connectivity index is 1.32. The zero-order valence-electron chi connectivity index (χ0n) is 20.3. The molecule has 6 fully saturated rings. The molecule has 1 aromatic rings. The van der Waals surface area contributed by atoms with Crippen molar-refractivity contribution in [3.8, 4) is 0 Å². The summed E-state index contributed by atoms with van der Waals surface area (Å²) in [5, 5.41) is 0. The quantitative estimate of drug-likeness (QED) is 0.652. The van der Waals surface area contributed by atoms with Crippen molar-refractivity contribution >= 4 is 29.3 Å². The number of hydrogen-bond donors (Lipinski definition) is 1. The highest BCUT2D eigenvalue weighted by molar-refractivity contribution is 6.23. The summed E-state index contributed by atoms with van der Waals surface area (Å²) in [6.45, 7) is 0. The molecule has 4 amide bonds. The Hall–Kier alpha value is -2.70. The summed E-state index contributed by atoms with van der Waals surface area (Å²) in [7, 11) is 0. The minimum atomic E-state index is -0.734. The number of benzene rings is 1. The van der Waals surface area contributed by atoms with Gasteiger partial charge in [-0.1, -0.05) is 19.3 Å². The summed E-state index contributed by atoms with van der Waals surface area (Å²) in [6, 6.07) is 5.54. The van der Waals surface area contributed by atoms with Crippen LogP contribution >= 0.6 is 0 Å². The predicted octanol–water partition coefficient (Wildman–Crippen LogP) is 3.80. The maximum atomic E-state index is 14.5. The van der Waals surface area contributed by atoms with E-state index in [4.69, 9.17) is 5.73 Å². The van der Waals surface area contributed by atoms with Crippen molar-refractivity contribution in [3.05, 3.63) is 29.8 Å². The Bertz CT molecular complexity index is 1020. The number of rotatable bonds is 5. The lowest BCUT2D eigenvalue weighted by atomic mass is 9.49. The number of amides is 4. The molecule has 5 aliphatic carbocycles. The molecule has 7 heteroatoms. The standard InChI is InChI=1S/C28H35N3O4/c29-25(33)20-6-8-22(9-7-20)31-24(32)13-23(26(31)34)30(21-4-2-1-3-5-21)27(35)28-14-17-10-18(15-28)12-19(11-17)16-28/h6-9,17-19,21,23H,1-5,10-16H2,(H2,29,33). The van der Waals surface area contributed by atoms with Gasteiger partial charge in [0.15, 0.2) is 0 Å². The molecule has 1 aromatic carbocycles. The lowest BCUT2D eigenvalue weighted by Gasteiger charge is -2.57. The predicted molar refractivity (Wildman–Crippen MR) is 130 cm³/mol. The second kappa shape index (κ2) is 8.45. The van der Waals surface area contributed by atoms with E-state index in [0.717, 1.165) is 51.4 Å². The van der Waals surface area contributed by atoms with Gasteiger partial charge in [0, 0.05) is 11.6 Å². The first kappa shape index (κ1) is 22.7. The molecule has 2 N–H and O–H groups in total. The fourth-order valence-electron chi connectivity index (χ4n) is 8.45. The summed E-state index contributed by atoms with van der Waals surface area (Å²) >= 11 is 0. The zero-order valence-corrected chi connectivity index (χ0v) is 20.3. The third-order valence-electron chi connectivity index (χ3n) is 9.56. The van der Waals surface area contributed by atoms with E-state index < -0.39 is 11.9 Å². The second-order valence-corrected chi connectivity index (χ2v) is 11.9. The fourth-order valence-corrected chi connectivity index (χ4v) is 8.45. The van der Waals surface area contributed by atoms with E-state index >= 15 is 0 Å². The van der Waals surface area contributed by atoms with Crippen LogP contribution in [0.2, 0.25) is 0 Å². The maximum absolute atomic E-state index is 14.5. The Morgan fingerprint density at radius 3 is 2.00 bits per heavy atom. The average molecular weight is 478 g/mol. The third kappa shape index (κ3) is 3.78.